The van der Waals surface area contributed by atoms with Crippen LogP contribution >= 0.6 is 0 Å². The molecule has 1 aliphatic rings. The molecule has 8 nitrogen and oxygen atoms in total. The predicted molar refractivity (Wildman–Crippen MR) is 107 cm³/mol. The molecule has 162 valence electrons. The summed E-state index contributed by atoms with van der Waals surface area (Å²) in [5.74, 6) is 0.423. The number of hydrogen-bond acceptors (Lipinski definition) is 6. The molecular weight excluding hydrogens is 409 g/mol. The largest absolute Gasteiger partial charge is 0.390 e. The molecule has 4 rings (SSSR count). The van der Waals surface area contributed by atoms with Gasteiger partial charge in [0.05, 0.1) is 42.0 Å². The Balaban J connectivity index is 1.48. The van der Waals surface area contributed by atoms with Crippen LogP contribution in [-0.4, -0.2) is 55.0 Å². The van der Waals surface area contributed by atoms with Gasteiger partial charge in [-0.15, -0.1) is 0 Å². The maximum atomic E-state index is 12.5. The van der Waals surface area contributed by atoms with Gasteiger partial charge in [-0.25, -0.2) is 9.97 Å². The number of hydrogen-bond donors (Lipinski definition) is 1. The Bertz CT molecular complexity index is 1090. The molecular formula is C20H21F3N8. The molecule has 1 saturated heterocycles. The normalized spacial score (nSPS) is 16.0. The monoisotopic (exact) mass is 430 g/mol. The Morgan fingerprint density at radius 1 is 1.26 bits per heavy atom. The maximum absolute atomic E-state index is 12.5. The van der Waals surface area contributed by atoms with Crippen molar-refractivity contribution in [3.8, 4) is 17.3 Å². The molecule has 0 amide bonds. The minimum atomic E-state index is -4.18. The summed E-state index contributed by atoms with van der Waals surface area (Å²) in [6.07, 6.45) is 4.05. The topological polar surface area (TPSA) is 87.6 Å². The van der Waals surface area contributed by atoms with Crippen LogP contribution in [0, 0.1) is 11.3 Å². The lowest BCUT2D eigenvalue weighted by Crippen LogP contribution is -2.62. The summed E-state index contributed by atoms with van der Waals surface area (Å²) in [6.45, 7) is 0.755. The van der Waals surface area contributed by atoms with Crippen LogP contribution in [0.25, 0.3) is 11.3 Å². The third kappa shape index (κ3) is 4.69. The zero-order valence-corrected chi connectivity index (χ0v) is 16.8. The Morgan fingerprint density at radius 3 is 2.74 bits per heavy atom. The van der Waals surface area contributed by atoms with Crippen molar-refractivity contribution >= 4 is 11.6 Å². The fourth-order valence-electron chi connectivity index (χ4n) is 3.78. The van der Waals surface area contributed by atoms with Gasteiger partial charge >= 0.3 is 6.18 Å². The van der Waals surface area contributed by atoms with E-state index in [1.165, 1.54) is 0 Å². The molecule has 0 radical (unpaired) electrons. The third-order valence-electron chi connectivity index (χ3n) is 5.31. The van der Waals surface area contributed by atoms with Gasteiger partial charge in [-0.1, -0.05) is 0 Å². The molecule has 1 aliphatic heterocycles. The number of nitrogens with zero attached hydrogens (tertiary/aromatic N) is 7. The van der Waals surface area contributed by atoms with Gasteiger partial charge in [0.15, 0.2) is 0 Å². The molecule has 3 aromatic heterocycles. The van der Waals surface area contributed by atoms with Crippen LogP contribution in [-0.2, 0) is 12.6 Å². The summed E-state index contributed by atoms with van der Waals surface area (Å²) in [5.41, 5.74) is 1.77. The highest BCUT2D eigenvalue weighted by Gasteiger charge is 2.45. The molecule has 3 aromatic rings. The summed E-state index contributed by atoms with van der Waals surface area (Å²) in [6, 6.07) is 5.84. The molecule has 0 spiro atoms. The summed E-state index contributed by atoms with van der Waals surface area (Å²) in [5, 5.41) is 16.5. The number of aromatic nitrogens is 5. The molecule has 1 fully saturated rings. The van der Waals surface area contributed by atoms with Crippen LogP contribution in [0.2, 0.25) is 0 Å². The van der Waals surface area contributed by atoms with E-state index < -0.39 is 18.1 Å². The van der Waals surface area contributed by atoms with Crippen molar-refractivity contribution in [3.63, 3.8) is 0 Å². The molecule has 0 saturated carbocycles. The number of halogens is 3. The predicted octanol–water partition coefficient (Wildman–Crippen LogP) is 3.30. The Morgan fingerprint density at radius 2 is 2.06 bits per heavy atom. The van der Waals surface area contributed by atoms with Crippen LogP contribution in [0.5, 0.6) is 0 Å². The number of aryl methyl sites for hydroxylation is 1. The minimum absolute atomic E-state index is 0.0555. The summed E-state index contributed by atoms with van der Waals surface area (Å²) in [4.78, 5) is 10.5. The number of nitriles is 1. The van der Waals surface area contributed by atoms with E-state index in [2.05, 4.69) is 26.5 Å². The van der Waals surface area contributed by atoms with Gasteiger partial charge in [-0.3, -0.25) is 9.58 Å². The minimum Gasteiger partial charge on any atom is -0.344 e. The highest BCUT2D eigenvalue weighted by Crippen LogP contribution is 2.35. The van der Waals surface area contributed by atoms with E-state index in [-0.39, 0.29) is 13.0 Å². The first kappa shape index (κ1) is 20.9. The second kappa shape index (κ2) is 8.03. The molecule has 0 unspecified atom stereocenters. The lowest BCUT2D eigenvalue weighted by atomic mass is 9.86. The lowest BCUT2D eigenvalue weighted by Gasteiger charge is -2.50. The standard InChI is InChI=1S/C20H21F3N8/c1-29-12-16(10-26-29)27-18-25-7-2-17(28-18)15-3-8-31(11-15)19(4-6-24)13-30(14-19)9-5-20(21,22)23/h2-3,7-8,10-12H,4-5,9,13-14H2,1H3,(H,25,27,28). The van der Waals surface area contributed by atoms with E-state index in [4.69, 9.17) is 0 Å². The number of rotatable bonds is 7. The quantitative estimate of drug-likeness (QED) is 0.619. The average molecular weight is 430 g/mol. The Labute approximate surface area is 176 Å². The van der Waals surface area contributed by atoms with Crippen LogP contribution in [0.3, 0.4) is 0 Å². The molecule has 0 aliphatic carbocycles. The van der Waals surface area contributed by atoms with E-state index >= 15 is 0 Å². The van der Waals surface area contributed by atoms with Crippen molar-refractivity contribution in [2.75, 3.05) is 25.0 Å². The first-order valence-corrected chi connectivity index (χ1v) is 9.70. The Kier molecular flexibility index (Phi) is 5.41. The second-order valence-corrected chi connectivity index (χ2v) is 7.74. The second-order valence-electron chi connectivity index (χ2n) is 7.74. The van der Waals surface area contributed by atoms with Crippen molar-refractivity contribution in [1.29, 1.82) is 5.26 Å². The Hall–Kier alpha value is -3.39. The van der Waals surface area contributed by atoms with Gasteiger partial charge in [-0.2, -0.15) is 23.5 Å². The van der Waals surface area contributed by atoms with E-state index in [1.54, 1.807) is 34.2 Å². The van der Waals surface area contributed by atoms with Gasteiger partial charge in [-0.05, 0) is 12.1 Å². The molecule has 1 N–H and O–H groups in total. The molecule has 0 aromatic carbocycles. The van der Waals surface area contributed by atoms with E-state index in [9.17, 15) is 18.4 Å². The molecule has 0 bridgehead atoms. The maximum Gasteiger partial charge on any atom is 0.390 e. The highest BCUT2D eigenvalue weighted by molar-refractivity contribution is 5.61. The number of alkyl halides is 3. The van der Waals surface area contributed by atoms with Crippen LogP contribution in [0.1, 0.15) is 12.8 Å². The zero-order chi connectivity index (χ0) is 22.1. The highest BCUT2D eigenvalue weighted by atomic mass is 19.4. The van der Waals surface area contributed by atoms with Crippen LogP contribution in [0.15, 0.2) is 43.1 Å². The number of nitrogens with one attached hydrogen (secondary N) is 1. The van der Waals surface area contributed by atoms with Gasteiger partial charge in [0.2, 0.25) is 5.95 Å². The summed E-state index contributed by atoms with van der Waals surface area (Å²) < 4.78 is 41.1. The third-order valence-corrected chi connectivity index (χ3v) is 5.31. The van der Waals surface area contributed by atoms with Gasteiger partial charge in [0.1, 0.15) is 0 Å². The number of likely N-dealkylation sites (tertiary alicyclic amines) is 1. The lowest BCUT2D eigenvalue weighted by molar-refractivity contribution is -0.144. The summed E-state index contributed by atoms with van der Waals surface area (Å²) >= 11 is 0. The van der Waals surface area contributed by atoms with Crippen molar-refractivity contribution < 1.29 is 13.2 Å². The smallest absolute Gasteiger partial charge is 0.344 e. The first-order valence-electron chi connectivity index (χ1n) is 9.70. The van der Waals surface area contributed by atoms with Crippen molar-refractivity contribution in [2.45, 2.75) is 24.6 Å². The first-order chi connectivity index (χ1) is 14.8. The van der Waals surface area contributed by atoms with Gasteiger partial charge in [0, 0.05) is 57.0 Å². The summed E-state index contributed by atoms with van der Waals surface area (Å²) in [7, 11) is 1.81. The van der Waals surface area contributed by atoms with Crippen LogP contribution < -0.4 is 5.32 Å². The van der Waals surface area contributed by atoms with Crippen molar-refractivity contribution in [3.05, 3.63) is 43.1 Å². The SMILES string of the molecule is Cn1cc(Nc2nccc(-c3ccn(C4(CC#N)CN(CCC(F)(F)F)C4)c3)n2)cn1. The van der Waals surface area contributed by atoms with E-state index in [0.29, 0.717) is 24.7 Å². The molecule has 0 atom stereocenters. The molecule has 11 heteroatoms. The number of anilines is 2. The van der Waals surface area contributed by atoms with Gasteiger partial charge < -0.3 is 9.88 Å². The fourth-order valence-corrected chi connectivity index (χ4v) is 3.78. The van der Waals surface area contributed by atoms with Crippen molar-refractivity contribution in [1.82, 2.24) is 29.2 Å². The van der Waals surface area contributed by atoms with Gasteiger partial charge in [0.25, 0.3) is 0 Å². The van der Waals surface area contributed by atoms with Crippen LogP contribution in [0.4, 0.5) is 24.8 Å². The molecule has 31 heavy (non-hydrogen) atoms. The van der Waals surface area contributed by atoms with Crippen molar-refractivity contribution in [2.24, 2.45) is 7.05 Å². The van der Waals surface area contributed by atoms with E-state index in [0.717, 1.165) is 11.3 Å². The average Bonchev–Trinajstić information content (AvgIpc) is 3.32. The fraction of sp³-hybridized carbons (Fsp3) is 0.400. The molecule has 4 heterocycles. The zero-order valence-electron chi connectivity index (χ0n) is 16.8. The van der Waals surface area contributed by atoms with E-state index in [1.807, 2.05) is 30.1 Å².